The maximum absolute atomic E-state index is 10.5. The van der Waals surface area contributed by atoms with E-state index in [4.69, 9.17) is 0 Å². The van der Waals surface area contributed by atoms with E-state index in [-0.39, 0.29) is 0 Å². The van der Waals surface area contributed by atoms with Gasteiger partial charge in [0.25, 0.3) is 0 Å². The molecule has 1 atom stereocenters. The maximum atomic E-state index is 10.5. The van der Waals surface area contributed by atoms with Crippen LogP contribution in [0.1, 0.15) is 33.1 Å². The van der Waals surface area contributed by atoms with Gasteiger partial charge in [0.2, 0.25) is 0 Å². The van der Waals surface area contributed by atoms with Crippen molar-refractivity contribution in [2.24, 2.45) is 5.92 Å². The van der Waals surface area contributed by atoms with Gasteiger partial charge in [-0.25, -0.2) is 0 Å². The monoisotopic (exact) mass is 138 g/mol. The van der Waals surface area contributed by atoms with Gasteiger partial charge in [-0.1, -0.05) is 12.5 Å². The Morgan fingerprint density at radius 3 is 2.80 bits per heavy atom. The summed E-state index contributed by atoms with van der Waals surface area (Å²) >= 11 is 0. The van der Waals surface area contributed by atoms with Crippen molar-refractivity contribution in [1.82, 2.24) is 0 Å². The molecule has 0 heterocycles. The Labute approximate surface area is 62.1 Å². The number of hydrogen-bond acceptors (Lipinski definition) is 1. The van der Waals surface area contributed by atoms with Gasteiger partial charge in [0, 0.05) is 0 Å². The van der Waals surface area contributed by atoms with Crippen molar-refractivity contribution in [2.75, 3.05) is 0 Å². The number of hydrogen-bond donors (Lipinski definition) is 0. The van der Waals surface area contributed by atoms with Crippen molar-refractivity contribution in [3.05, 3.63) is 11.1 Å². The van der Waals surface area contributed by atoms with Crippen LogP contribution in [0.15, 0.2) is 11.1 Å². The first-order valence-electron chi connectivity index (χ1n) is 3.90. The van der Waals surface area contributed by atoms with Crippen LogP contribution in [0.5, 0.6) is 0 Å². The lowest BCUT2D eigenvalue weighted by atomic mass is 9.85. The average molecular weight is 138 g/mol. The summed E-state index contributed by atoms with van der Waals surface area (Å²) in [7, 11) is 0. The molecule has 0 aromatic rings. The summed E-state index contributed by atoms with van der Waals surface area (Å²) in [4.78, 5) is 10.5. The second-order valence-corrected chi connectivity index (χ2v) is 3.12. The fourth-order valence-corrected chi connectivity index (χ4v) is 1.48. The first-order chi connectivity index (χ1) is 4.75. The minimum atomic E-state index is 0.633. The molecule has 0 spiro atoms. The van der Waals surface area contributed by atoms with Crippen molar-refractivity contribution in [2.45, 2.75) is 33.1 Å². The third-order valence-electron chi connectivity index (χ3n) is 2.47. The van der Waals surface area contributed by atoms with Crippen LogP contribution in [0.4, 0.5) is 0 Å². The first-order valence-corrected chi connectivity index (χ1v) is 3.90. The van der Waals surface area contributed by atoms with Crippen molar-refractivity contribution in [3.63, 3.8) is 0 Å². The number of aldehydes is 1. The van der Waals surface area contributed by atoms with E-state index in [1.807, 2.05) is 0 Å². The van der Waals surface area contributed by atoms with Crippen molar-refractivity contribution >= 4 is 6.29 Å². The third kappa shape index (κ3) is 1.28. The van der Waals surface area contributed by atoms with Crippen LogP contribution in [-0.2, 0) is 4.79 Å². The predicted octanol–water partition coefficient (Wildman–Crippen LogP) is 2.32. The van der Waals surface area contributed by atoms with Crippen molar-refractivity contribution in [3.8, 4) is 0 Å². The largest absolute Gasteiger partial charge is 0.298 e. The van der Waals surface area contributed by atoms with Gasteiger partial charge in [-0.05, 0) is 37.7 Å². The molecule has 0 unspecified atom stereocenters. The summed E-state index contributed by atoms with van der Waals surface area (Å²) in [5.41, 5.74) is 2.35. The van der Waals surface area contributed by atoms with Crippen LogP contribution < -0.4 is 0 Å². The number of rotatable bonds is 1. The van der Waals surface area contributed by atoms with Crippen LogP contribution in [0.25, 0.3) is 0 Å². The van der Waals surface area contributed by atoms with E-state index in [1.165, 1.54) is 18.4 Å². The van der Waals surface area contributed by atoms with Gasteiger partial charge in [0.1, 0.15) is 6.29 Å². The topological polar surface area (TPSA) is 17.1 Å². The van der Waals surface area contributed by atoms with E-state index in [2.05, 4.69) is 13.8 Å². The Morgan fingerprint density at radius 2 is 2.30 bits per heavy atom. The number of carbonyl (C=O) groups is 1. The van der Waals surface area contributed by atoms with Gasteiger partial charge in [-0.15, -0.1) is 0 Å². The molecular weight excluding hydrogens is 124 g/mol. The molecule has 1 rings (SSSR count). The molecule has 0 bridgehead atoms. The molecule has 0 aromatic carbocycles. The van der Waals surface area contributed by atoms with Crippen LogP contribution >= 0.6 is 0 Å². The van der Waals surface area contributed by atoms with E-state index in [9.17, 15) is 4.79 Å². The first kappa shape index (κ1) is 7.52. The molecule has 10 heavy (non-hydrogen) atoms. The van der Waals surface area contributed by atoms with E-state index in [1.54, 1.807) is 0 Å². The van der Waals surface area contributed by atoms with Gasteiger partial charge in [0.15, 0.2) is 0 Å². The quantitative estimate of drug-likeness (QED) is 0.508. The molecule has 0 fully saturated rings. The van der Waals surface area contributed by atoms with Gasteiger partial charge in [0.05, 0.1) is 0 Å². The molecule has 0 radical (unpaired) electrons. The van der Waals surface area contributed by atoms with E-state index < -0.39 is 0 Å². The average Bonchev–Trinajstić information content (AvgIpc) is 1.95. The second kappa shape index (κ2) is 3.00. The molecule has 1 heteroatoms. The molecule has 0 amide bonds. The summed E-state index contributed by atoms with van der Waals surface area (Å²) in [5.74, 6) is 0.633. The third-order valence-corrected chi connectivity index (χ3v) is 2.47. The summed E-state index contributed by atoms with van der Waals surface area (Å²) in [5, 5.41) is 0. The van der Waals surface area contributed by atoms with Crippen LogP contribution in [0.3, 0.4) is 0 Å². The van der Waals surface area contributed by atoms with Crippen molar-refractivity contribution < 1.29 is 4.79 Å². The highest BCUT2D eigenvalue weighted by Gasteiger charge is 2.14. The number of carbonyl (C=O) groups excluding carboxylic acids is 1. The molecule has 1 nitrogen and oxygen atoms in total. The summed E-state index contributed by atoms with van der Waals surface area (Å²) < 4.78 is 0. The van der Waals surface area contributed by atoms with Crippen LogP contribution in [-0.4, -0.2) is 6.29 Å². The highest BCUT2D eigenvalue weighted by molar-refractivity contribution is 5.74. The molecule has 0 aromatic heterocycles. The van der Waals surface area contributed by atoms with E-state index in [0.717, 1.165) is 18.3 Å². The minimum absolute atomic E-state index is 0.633. The lowest BCUT2D eigenvalue weighted by Crippen LogP contribution is -2.07. The highest BCUT2D eigenvalue weighted by atomic mass is 16.1. The Morgan fingerprint density at radius 1 is 1.60 bits per heavy atom. The zero-order valence-electron chi connectivity index (χ0n) is 6.68. The normalized spacial score (nSPS) is 26.8. The molecule has 1 aliphatic rings. The molecule has 0 saturated carbocycles. The Kier molecular flexibility index (Phi) is 2.25. The van der Waals surface area contributed by atoms with Gasteiger partial charge < -0.3 is 0 Å². The zero-order chi connectivity index (χ0) is 7.56. The molecule has 0 N–H and O–H groups in total. The SMILES string of the molecule is CC1=C(C=O)CCC[C@@H]1C. The number of allylic oxidation sites excluding steroid dienone is 2. The van der Waals surface area contributed by atoms with Crippen LogP contribution in [0.2, 0.25) is 0 Å². The zero-order valence-corrected chi connectivity index (χ0v) is 6.68. The lowest BCUT2D eigenvalue weighted by molar-refractivity contribution is -0.105. The van der Waals surface area contributed by atoms with Crippen LogP contribution in [0, 0.1) is 5.92 Å². The molecular formula is C9H14O. The molecule has 0 aliphatic heterocycles. The maximum Gasteiger partial charge on any atom is 0.145 e. The molecule has 1 aliphatic carbocycles. The minimum Gasteiger partial charge on any atom is -0.298 e. The smallest absolute Gasteiger partial charge is 0.145 e. The van der Waals surface area contributed by atoms with E-state index >= 15 is 0 Å². The Balaban J connectivity index is 2.81. The van der Waals surface area contributed by atoms with Gasteiger partial charge >= 0.3 is 0 Å². The standard InChI is InChI=1S/C9H14O/c1-7-4-3-5-9(6-10)8(7)2/h6-7H,3-5H2,1-2H3/t7-/m0/s1. The Bertz CT molecular complexity index is 168. The molecule has 56 valence electrons. The molecule has 0 saturated heterocycles. The van der Waals surface area contributed by atoms with Crippen molar-refractivity contribution in [1.29, 1.82) is 0 Å². The van der Waals surface area contributed by atoms with Gasteiger partial charge in [-0.3, -0.25) is 4.79 Å². The highest BCUT2D eigenvalue weighted by Crippen LogP contribution is 2.27. The summed E-state index contributed by atoms with van der Waals surface area (Å²) in [6.45, 7) is 4.27. The lowest BCUT2D eigenvalue weighted by Gasteiger charge is -2.20. The fourth-order valence-electron chi connectivity index (χ4n) is 1.48. The second-order valence-electron chi connectivity index (χ2n) is 3.12. The predicted molar refractivity (Wildman–Crippen MR) is 41.8 cm³/mol. The summed E-state index contributed by atoms with van der Waals surface area (Å²) in [6, 6.07) is 0. The summed E-state index contributed by atoms with van der Waals surface area (Å²) in [6.07, 6.45) is 4.46. The Hall–Kier alpha value is -0.590. The fraction of sp³-hybridized carbons (Fsp3) is 0.667. The van der Waals surface area contributed by atoms with Gasteiger partial charge in [-0.2, -0.15) is 0 Å². The van der Waals surface area contributed by atoms with E-state index in [0.29, 0.717) is 5.92 Å².